The minimum Gasteiger partial charge on any atom is -0.286 e. The van der Waals surface area contributed by atoms with Crippen molar-refractivity contribution in [2.75, 3.05) is 11.6 Å². The van der Waals surface area contributed by atoms with Crippen LogP contribution in [0, 0.1) is 0 Å². The molecule has 0 radical (unpaired) electrons. The lowest BCUT2D eigenvalue weighted by Gasteiger charge is -2.19. The van der Waals surface area contributed by atoms with Gasteiger partial charge in [0.05, 0.1) is 0 Å². The van der Waals surface area contributed by atoms with E-state index in [-0.39, 0.29) is 0 Å². The van der Waals surface area contributed by atoms with Gasteiger partial charge in [0.15, 0.2) is 0 Å². The van der Waals surface area contributed by atoms with Gasteiger partial charge >= 0.3 is 0 Å². The van der Waals surface area contributed by atoms with E-state index in [2.05, 4.69) is 42.2 Å². The van der Waals surface area contributed by atoms with Crippen LogP contribution < -0.4 is 0 Å². The molecule has 0 N–H and O–H groups in total. The van der Waals surface area contributed by atoms with E-state index >= 15 is 0 Å². The van der Waals surface area contributed by atoms with E-state index in [9.17, 15) is 0 Å². The second-order valence-electron chi connectivity index (χ2n) is 3.58. The molecule has 1 aliphatic rings. The van der Waals surface area contributed by atoms with E-state index in [1.807, 2.05) is 11.8 Å². The van der Waals surface area contributed by atoms with Crippen molar-refractivity contribution in [1.29, 1.82) is 0 Å². The first-order chi connectivity index (χ1) is 6.36. The summed E-state index contributed by atoms with van der Waals surface area (Å²) in [6.07, 6.45) is 0. The first kappa shape index (κ1) is 9.10. The first-order valence-corrected chi connectivity index (χ1v) is 5.87. The molecular weight excluding hydrogens is 178 g/mol. The van der Waals surface area contributed by atoms with Gasteiger partial charge < -0.3 is 0 Å². The van der Waals surface area contributed by atoms with Gasteiger partial charge in [0.25, 0.3) is 0 Å². The van der Waals surface area contributed by atoms with Crippen LogP contribution in [-0.2, 0) is 6.54 Å². The average Bonchev–Trinajstić information content (AvgIpc) is 2.54. The summed E-state index contributed by atoms with van der Waals surface area (Å²) in [4.78, 5) is 2.53. The van der Waals surface area contributed by atoms with E-state index in [1.165, 1.54) is 17.2 Å². The Bertz CT molecular complexity index is 260. The van der Waals surface area contributed by atoms with Gasteiger partial charge in [-0.15, -0.1) is 11.8 Å². The van der Waals surface area contributed by atoms with Gasteiger partial charge in [-0.05, 0) is 12.5 Å². The van der Waals surface area contributed by atoms with E-state index < -0.39 is 0 Å². The van der Waals surface area contributed by atoms with E-state index in [4.69, 9.17) is 0 Å². The van der Waals surface area contributed by atoms with Crippen molar-refractivity contribution < 1.29 is 0 Å². The Morgan fingerprint density at radius 2 is 2.15 bits per heavy atom. The maximum Gasteiger partial charge on any atom is 0.0451 e. The summed E-state index contributed by atoms with van der Waals surface area (Å²) in [6, 6.07) is 11.5. The van der Waals surface area contributed by atoms with Gasteiger partial charge in [-0.25, -0.2) is 0 Å². The Hall–Kier alpha value is -0.470. The van der Waals surface area contributed by atoms with Crippen molar-refractivity contribution in [2.45, 2.75) is 19.5 Å². The minimum atomic E-state index is 0.741. The quantitative estimate of drug-likeness (QED) is 0.710. The van der Waals surface area contributed by atoms with E-state index in [1.54, 1.807) is 0 Å². The molecular formula is C11H15NS. The van der Waals surface area contributed by atoms with Crippen LogP contribution in [-0.4, -0.2) is 22.6 Å². The third-order valence-corrected chi connectivity index (χ3v) is 3.70. The third kappa shape index (κ3) is 2.26. The maximum atomic E-state index is 2.53. The number of hydrogen-bond acceptors (Lipinski definition) is 2. The monoisotopic (exact) mass is 193 g/mol. The minimum absolute atomic E-state index is 0.741. The van der Waals surface area contributed by atoms with Gasteiger partial charge in [-0.1, -0.05) is 30.3 Å². The van der Waals surface area contributed by atoms with Crippen molar-refractivity contribution in [3.8, 4) is 0 Å². The lowest BCUT2D eigenvalue weighted by molar-refractivity contribution is 0.273. The molecule has 13 heavy (non-hydrogen) atoms. The fraction of sp³-hybridized carbons (Fsp3) is 0.455. The molecule has 1 aliphatic heterocycles. The first-order valence-electron chi connectivity index (χ1n) is 4.72. The second kappa shape index (κ2) is 4.16. The normalized spacial score (nSPS) is 23.6. The Morgan fingerprint density at radius 1 is 1.38 bits per heavy atom. The molecule has 2 rings (SSSR count). The molecule has 0 amide bonds. The van der Waals surface area contributed by atoms with Crippen LogP contribution in [0.1, 0.15) is 12.5 Å². The largest absolute Gasteiger partial charge is 0.286 e. The molecule has 0 aromatic heterocycles. The third-order valence-electron chi connectivity index (χ3n) is 2.47. The smallest absolute Gasteiger partial charge is 0.0451 e. The predicted molar refractivity (Wildman–Crippen MR) is 58.8 cm³/mol. The zero-order valence-corrected chi connectivity index (χ0v) is 8.76. The SMILES string of the molecule is CC1CSCN1Cc1ccccc1. The lowest BCUT2D eigenvalue weighted by Crippen LogP contribution is -2.27. The van der Waals surface area contributed by atoms with Crippen LogP contribution in [0.3, 0.4) is 0 Å². The fourth-order valence-corrected chi connectivity index (χ4v) is 2.83. The van der Waals surface area contributed by atoms with Gasteiger partial charge in [0.1, 0.15) is 0 Å². The molecule has 1 nitrogen and oxygen atoms in total. The highest BCUT2D eigenvalue weighted by molar-refractivity contribution is 7.99. The van der Waals surface area contributed by atoms with Crippen LogP contribution in [0.15, 0.2) is 30.3 Å². The Balaban J connectivity index is 1.98. The second-order valence-corrected chi connectivity index (χ2v) is 4.58. The van der Waals surface area contributed by atoms with E-state index in [0.29, 0.717) is 0 Å². The number of hydrogen-bond donors (Lipinski definition) is 0. The highest BCUT2D eigenvalue weighted by atomic mass is 32.2. The molecule has 1 heterocycles. The molecule has 1 saturated heterocycles. The number of nitrogens with zero attached hydrogens (tertiary/aromatic N) is 1. The number of benzene rings is 1. The molecule has 0 spiro atoms. The van der Waals surface area contributed by atoms with Crippen molar-refractivity contribution >= 4 is 11.8 Å². The van der Waals surface area contributed by atoms with Crippen LogP contribution in [0.4, 0.5) is 0 Å². The molecule has 0 saturated carbocycles. The maximum absolute atomic E-state index is 2.53. The molecule has 1 aromatic rings. The summed E-state index contributed by atoms with van der Waals surface area (Å²) in [7, 11) is 0. The molecule has 0 bridgehead atoms. The highest BCUT2D eigenvalue weighted by Crippen LogP contribution is 2.22. The summed E-state index contributed by atoms with van der Waals surface area (Å²) < 4.78 is 0. The topological polar surface area (TPSA) is 3.24 Å². The van der Waals surface area contributed by atoms with Crippen molar-refractivity contribution in [2.24, 2.45) is 0 Å². The zero-order valence-electron chi connectivity index (χ0n) is 7.94. The molecule has 1 fully saturated rings. The number of thioether (sulfide) groups is 1. The Labute approximate surface area is 84.1 Å². The van der Waals surface area contributed by atoms with Crippen LogP contribution in [0.2, 0.25) is 0 Å². The standard InChI is InChI=1S/C11H15NS/c1-10-8-13-9-12(10)7-11-5-3-2-4-6-11/h2-6,10H,7-9H2,1H3. The summed E-state index contributed by atoms with van der Waals surface area (Å²) in [5, 5.41) is 0. The number of rotatable bonds is 2. The Morgan fingerprint density at radius 3 is 2.77 bits per heavy atom. The van der Waals surface area contributed by atoms with Gasteiger partial charge in [0.2, 0.25) is 0 Å². The van der Waals surface area contributed by atoms with Gasteiger partial charge in [-0.2, -0.15) is 0 Å². The van der Waals surface area contributed by atoms with Gasteiger partial charge in [0, 0.05) is 24.2 Å². The van der Waals surface area contributed by atoms with Crippen molar-refractivity contribution in [3.63, 3.8) is 0 Å². The zero-order chi connectivity index (χ0) is 9.10. The van der Waals surface area contributed by atoms with Crippen molar-refractivity contribution in [1.82, 2.24) is 4.90 Å². The fourth-order valence-electron chi connectivity index (χ4n) is 1.59. The predicted octanol–water partition coefficient (Wildman–Crippen LogP) is 2.58. The van der Waals surface area contributed by atoms with Crippen LogP contribution in [0.5, 0.6) is 0 Å². The molecule has 2 heteroatoms. The Kier molecular flexibility index (Phi) is 2.91. The highest BCUT2D eigenvalue weighted by Gasteiger charge is 2.20. The summed E-state index contributed by atoms with van der Waals surface area (Å²) in [6.45, 7) is 3.41. The average molecular weight is 193 g/mol. The summed E-state index contributed by atoms with van der Waals surface area (Å²) in [5.74, 6) is 2.48. The van der Waals surface area contributed by atoms with Crippen LogP contribution in [0.25, 0.3) is 0 Å². The molecule has 1 atom stereocenters. The molecule has 0 aliphatic carbocycles. The molecule has 70 valence electrons. The molecule has 1 aromatic carbocycles. The summed E-state index contributed by atoms with van der Waals surface area (Å²) in [5.41, 5.74) is 1.43. The van der Waals surface area contributed by atoms with E-state index in [0.717, 1.165) is 12.6 Å². The van der Waals surface area contributed by atoms with Crippen LogP contribution >= 0.6 is 11.8 Å². The van der Waals surface area contributed by atoms with Crippen molar-refractivity contribution in [3.05, 3.63) is 35.9 Å². The molecule has 1 unspecified atom stereocenters. The van der Waals surface area contributed by atoms with Gasteiger partial charge in [-0.3, -0.25) is 4.90 Å². The summed E-state index contributed by atoms with van der Waals surface area (Å²) >= 11 is 2.04. The lowest BCUT2D eigenvalue weighted by atomic mass is 10.2.